The molecule has 1 aliphatic rings. The number of nitrogens with one attached hydrogen (secondary N) is 1. The molecule has 1 aliphatic heterocycles. The number of nitrogens with zero attached hydrogens (tertiary/aromatic N) is 2. The zero-order chi connectivity index (χ0) is 22.4. The molecule has 1 saturated heterocycles. The summed E-state index contributed by atoms with van der Waals surface area (Å²) in [7, 11) is -3.39. The number of benzene rings is 2. The van der Waals surface area contributed by atoms with Gasteiger partial charge in [0.25, 0.3) is 0 Å². The van der Waals surface area contributed by atoms with E-state index in [9.17, 15) is 13.2 Å². The maximum atomic E-state index is 12.6. The molecule has 0 saturated carbocycles. The van der Waals surface area contributed by atoms with Gasteiger partial charge in [0.2, 0.25) is 15.9 Å². The quantitative estimate of drug-likeness (QED) is 0.628. The van der Waals surface area contributed by atoms with E-state index in [4.69, 9.17) is 0 Å². The average molecular weight is 444 g/mol. The fourth-order valence-corrected chi connectivity index (χ4v) is 5.49. The Labute approximate surface area is 186 Å². The van der Waals surface area contributed by atoms with E-state index in [2.05, 4.69) is 31.0 Å². The van der Waals surface area contributed by atoms with Gasteiger partial charge in [-0.2, -0.15) is 4.31 Å². The maximum absolute atomic E-state index is 12.6. The van der Waals surface area contributed by atoms with Crippen LogP contribution in [-0.4, -0.2) is 44.3 Å². The monoisotopic (exact) mass is 443 g/mol. The lowest BCUT2D eigenvalue weighted by atomic mass is 10.1. The Morgan fingerprint density at radius 1 is 1.03 bits per heavy atom. The topological polar surface area (TPSA) is 69.7 Å². The molecule has 2 aromatic rings. The largest absolute Gasteiger partial charge is 0.369 e. The molecule has 0 radical (unpaired) electrons. The molecular weight excluding hydrogens is 410 g/mol. The Bertz CT molecular complexity index is 964. The van der Waals surface area contributed by atoms with Crippen molar-refractivity contribution in [3.05, 3.63) is 54.1 Å². The Hall–Kier alpha value is -2.38. The lowest BCUT2D eigenvalue weighted by Crippen LogP contribution is -2.30. The van der Waals surface area contributed by atoms with E-state index in [-0.39, 0.29) is 5.91 Å². The molecule has 6 nitrogen and oxygen atoms in total. The molecular formula is C24H33N3O3S. The molecule has 3 rings (SSSR count). The number of sulfonamides is 1. The van der Waals surface area contributed by atoms with Gasteiger partial charge in [-0.05, 0) is 82.0 Å². The molecule has 7 heteroatoms. The molecule has 1 heterocycles. The van der Waals surface area contributed by atoms with Crippen LogP contribution in [0.2, 0.25) is 0 Å². The van der Waals surface area contributed by atoms with Gasteiger partial charge in [0, 0.05) is 43.5 Å². The highest BCUT2D eigenvalue weighted by atomic mass is 32.2. The standard InChI is InChI=1S/C24H33N3O3S/c1-4-27(19(2)3)22-12-10-21(11-13-22)25-24(28)16-9-20-7-14-23(15-8-20)31(29,30)26-17-5-6-18-26/h7-8,10-15,19H,4-6,9,16-18H2,1-3H3,(H,25,28). The van der Waals surface area contributed by atoms with E-state index in [0.29, 0.717) is 36.9 Å². The number of carbonyl (C=O) groups excluding carboxylic acids is 1. The van der Waals surface area contributed by atoms with Gasteiger partial charge in [-0.25, -0.2) is 8.42 Å². The summed E-state index contributed by atoms with van der Waals surface area (Å²) in [6, 6.07) is 15.2. The van der Waals surface area contributed by atoms with Crippen molar-refractivity contribution in [2.24, 2.45) is 0 Å². The Morgan fingerprint density at radius 2 is 1.65 bits per heavy atom. The number of aryl methyl sites for hydroxylation is 1. The molecule has 0 aromatic heterocycles. The highest BCUT2D eigenvalue weighted by Crippen LogP contribution is 2.22. The second-order valence-electron chi connectivity index (χ2n) is 8.23. The third-order valence-corrected chi connectivity index (χ3v) is 7.63. The summed E-state index contributed by atoms with van der Waals surface area (Å²) in [5.41, 5.74) is 2.86. The van der Waals surface area contributed by atoms with Crippen LogP contribution in [0.15, 0.2) is 53.4 Å². The van der Waals surface area contributed by atoms with Gasteiger partial charge >= 0.3 is 0 Å². The van der Waals surface area contributed by atoms with Crippen molar-refractivity contribution in [2.45, 2.75) is 57.4 Å². The minimum absolute atomic E-state index is 0.0577. The minimum atomic E-state index is -3.39. The van der Waals surface area contributed by atoms with Crippen LogP contribution >= 0.6 is 0 Å². The molecule has 0 unspecified atom stereocenters. The Kier molecular flexibility index (Phi) is 7.73. The molecule has 1 fully saturated rings. The summed E-state index contributed by atoms with van der Waals surface area (Å²) in [6.45, 7) is 8.57. The van der Waals surface area contributed by atoms with Crippen LogP contribution in [0.5, 0.6) is 0 Å². The highest BCUT2D eigenvalue weighted by molar-refractivity contribution is 7.89. The SMILES string of the molecule is CCN(c1ccc(NC(=O)CCc2ccc(S(=O)(=O)N3CCCC3)cc2)cc1)C(C)C. The third kappa shape index (κ3) is 5.86. The van der Waals surface area contributed by atoms with Gasteiger partial charge in [-0.1, -0.05) is 12.1 Å². The highest BCUT2D eigenvalue weighted by Gasteiger charge is 2.26. The smallest absolute Gasteiger partial charge is 0.243 e. The van der Waals surface area contributed by atoms with Gasteiger partial charge in [-0.3, -0.25) is 4.79 Å². The van der Waals surface area contributed by atoms with Crippen molar-refractivity contribution in [1.82, 2.24) is 4.31 Å². The number of rotatable bonds is 9. The maximum Gasteiger partial charge on any atom is 0.243 e. The fraction of sp³-hybridized carbons (Fsp3) is 0.458. The van der Waals surface area contributed by atoms with Crippen molar-refractivity contribution in [2.75, 3.05) is 29.9 Å². The van der Waals surface area contributed by atoms with Gasteiger partial charge in [-0.15, -0.1) is 0 Å². The summed E-state index contributed by atoms with van der Waals surface area (Å²) in [5, 5.41) is 2.94. The zero-order valence-electron chi connectivity index (χ0n) is 18.7. The van der Waals surface area contributed by atoms with Gasteiger partial charge in [0.05, 0.1) is 4.90 Å². The first kappa shape index (κ1) is 23.3. The van der Waals surface area contributed by atoms with Crippen LogP contribution in [0.25, 0.3) is 0 Å². The molecule has 168 valence electrons. The van der Waals surface area contributed by atoms with Crippen LogP contribution < -0.4 is 10.2 Å². The average Bonchev–Trinajstić information content (AvgIpc) is 3.30. The predicted octanol–water partition coefficient (Wildman–Crippen LogP) is 4.28. The molecule has 0 spiro atoms. The number of carbonyl (C=O) groups is 1. The molecule has 2 aromatic carbocycles. The van der Waals surface area contributed by atoms with Crippen molar-refractivity contribution < 1.29 is 13.2 Å². The molecule has 31 heavy (non-hydrogen) atoms. The number of hydrogen-bond donors (Lipinski definition) is 1. The Morgan fingerprint density at radius 3 is 2.19 bits per heavy atom. The van der Waals surface area contributed by atoms with Crippen molar-refractivity contribution >= 4 is 27.3 Å². The van der Waals surface area contributed by atoms with Crippen molar-refractivity contribution in [1.29, 1.82) is 0 Å². The second kappa shape index (κ2) is 10.3. The zero-order valence-corrected chi connectivity index (χ0v) is 19.5. The van der Waals surface area contributed by atoms with Gasteiger partial charge in [0.15, 0.2) is 0 Å². The van der Waals surface area contributed by atoms with Crippen LogP contribution in [0.4, 0.5) is 11.4 Å². The molecule has 0 atom stereocenters. The van der Waals surface area contributed by atoms with Crippen molar-refractivity contribution in [3.63, 3.8) is 0 Å². The molecule has 0 aliphatic carbocycles. The first-order chi connectivity index (χ1) is 14.8. The van der Waals surface area contributed by atoms with Crippen LogP contribution in [0.3, 0.4) is 0 Å². The molecule has 1 amide bonds. The summed E-state index contributed by atoms with van der Waals surface area (Å²) < 4.78 is 26.7. The predicted molar refractivity (Wildman–Crippen MR) is 126 cm³/mol. The number of amides is 1. The van der Waals surface area contributed by atoms with Crippen molar-refractivity contribution in [3.8, 4) is 0 Å². The van der Waals surface area contributed by atoms with Gasteiger partial charge in [0.1, 0.15) is 0 Å². The number of anilines is 2. The second-order valence-corrected chi connectivity index (χ2v) is 10.2. The minimum Gasteiger partial charge on any atom is -0.369 e. The van der Waals surface area contributed by atoms with E-state index in [1.54, 1.807) is 28.6 Å². The number of hydrogen-bond acceptors (Lipinski definition) is 4. The molecule has 1 N–H and O–H groups in total. The van der Waals surface area contributed by atoms with Crippen LogP contribution in [-0.2, 0) is 21.2 Å². The van der Waals surface area contributed by atoms with Crippen LogP contribution in [0, 0.1) is 0 Å². The normalized spacial score (nSPS) is 14.7. The van der Waals surface area contributed by atoms with E-state index in [1.165, 1.54) is 0 Å². The summed E-state index contributed by atoms with van der Waals surface area (Å²) in [6.07, 6.45) is 2.74. The summed E-state index contributed by atoms with van der Waals surface area (Å²) >= 11 is 0. The van der Waals surface area contributed by atoms with E-state index >= 15 is 0 Å². The van der Waals surface area contributed by atoms with E-state index < -0.39 is 10.0 Å². The first-order valence-electron chi connectivity index (χ1n) is 11.1. The van der Waals surface area contributed by atoms with E-state index in [0.717, 1.165) is 36.3 Å². The summed E-state index contributed by atoms with van der Waals surface area (Å²) in [5.74, 6) is -0.0577. The summed E-state index contributed by atoms with van der Waals surface area (Å²) in [4.78, 5) is 15.0. The first-order valence-corrected chi connectivity index (χ1v) is 12.5. The lowest BCUT2D eigenvalue weighted by Gasteiger charge is -2.27. The van der Waals surface area contributed by atoms with Crippen LogP contribution in [0.1, 0.15) is 45.6 Å². The van der Waals surface area contributed by atoms with E-state index in [1.807, 2.05) is 24.3 Å². The molecule has 0 bridgehead atoms. The Balaban J connectivity index is 1.52. The lowest BCUT2D eigenvalue weighted by molar-refractivity contribution is -0.116. The van der Waals surface area contributed by atoms with Gasteiger partial charge < -0.3 is 10.2 Å². The fourth-order valence-electron chi connectivity index (χ4n) is 3.97. The third-order valence-electron chi connectivity index (χ3n) is 5.71.